The van der Waals surface area contributed by atoms with E-state index < -0.39 is 0 Å². The molecule has 0 amide bonds. The largest absolute Gasteiger partial charge is 0.490 e. The molecule has 1 aromatic rings. The van der Waals surface area contributed by atoms with Crippen molar-refractivity contribution in [1.29, 1.82) is 0 Å². The summed E-state index contributed by atoms with van der Waals surface area (Å²) in [7, 11) is 0. The Hall–Kier alpha value is -1.35. The number of benzene rings is 1. The lowest BCUT2D eigenvalue weighted by Gasteiger charge is -2.01. The average molecular weight is 181 g/mol. The Morgan fingerprint density at radius 2 is 1.92 bits per heavy atom. The van der Waals surface area contributed by atoms with Crippen molar-refractivity contribution in [3.63, 3.8) is 0 Å². The predicted octanol–water partition coefficient (Wildman–Crippen LogP) is 1.72. The van der Waals surface area contributed by atoms with Gasteiger partial charge in [-0.3, -0.25) is 0 Å². The van der Waals surface area contributed by atoms with Crippen LogP contribution in [0.15, 0.2) is 36.4 Å². The topological polar surface area (TPSA) is 35.2 Å². The normalized spacial score (nSPS) is 10.6. The molecule has 2 N–H and O–H groups in total. The molecule has 0 aliphatic rings. The summed E-state index contributed by atoms with van der Waals surface area (Å²) < 4.78 is 17.7. The van der Waals surface area contributed by atoms with Gasteiger partial charge in [-0.05, 0) is 24.3 Å². The fraction of sp³-hybridized carbons (Fsp3) is 0.200. The average Bonchev–Trinajstić information content (AvgIpc) is 2.15. The Bertz CT molecular complexity index is 269. The van der Waals surface area contributed by atoms with E-state index in [2.05, 4.69) is 0 Å². The Balaban J connectivity index is 2.37. The van der Waals surface area contributed by atoms with Gasteiger partial charge in [-0.15, -0.1) is 0 Å². The van der Waals surface area contributed by atoms with Crippen molar-refractivity contribution in [1.82, 2.24) is 0 Å². The number of hydrogen-bond donors (Lipinski definition) is 1. The van der Waals surface area contributed by atoms with Crippen LogP contribution >= 0.6 is 0 Å². The van der Waals surface area contributed by atoms with E-state index in [1.54, 1.807) is 12.1 Å². The van der Waals surface area contributed by atoms with E-state index in [-0.39, 0.29) is 5.82 Å². The van der Waals surface area contributed by atoms with Crippen LogP contribution in [0.3, 0.4) is 0 Å². The second kappa shape index (κ2) is 5.32. The first kappa shape index (κ1) is 9.74. The number of rotatable bonds is 4. The predicted molar refractivity (Wildman–Crippen MR) is 50.1 cm³/mol. The van der Waals surface area contributed by atoms with E-state index >= 15 is 0 Å². The minimum Gasteiger partial charge on any atom is -0.490 e. The Kier molecular flexibility index (Phi) is 3.99. The van der Waals surface area contributed by atoms with Crippen molar-refractivity contribution < 1.29 is 9.13 Å². The lowest BCUT2D eigenvalue weighted by Crippen LogP contribution is -1.97. The van der Waals surface area contributed by atoms with Crippen LogP contribution in [0.25, 0.3) is 0 Å². The molecule has 0 aliphatic carbocycles. The van der Waals surface area contributed by atoms with Gasteiger partial charge >= 0.3 is 0 Å². The smallest absolute Gasteiger partial charge is 0.123 e. The molecule has 1 rings (SSSR count). The van der Waals surface area contributed by atoms with Gasteiger partial charge in [-0.2, -0.15) is 0 Å². The van der Waals surface area contributed by atoms with Crippen LogP contribution in [-0.2, 0) is 0 Å². The van der Waals surface area contributed by atoms with Crippen LogP contribution in [0.4, 0.5) is 4.39 Å². The first-order chi connectivity index (χ1) is 6.33. The number of hydrogen-bond acceptors (Lipinski definition) is 2. The highest BCUT2D eigenvalue weighted by atomic mass is 19.1. The van der Waals surface area contributed by atoms with E-state index in [1.165, 1.54) is 12.1 Å². The quantitative estimate of drug-likeness (QED) is 0.718. The van der Waals surface area contributed by atoms with Gasteiger partial charge in [0, 0.05) is 6.54 Å². The number of nitrogens with two attached hydrogens (primary N) is 1. The zero-order valence-corrected chi connectivity index (χ0v) is 7.24. The van der Waals surface area contributed by atoms with Gasteiger partial charge in [-0.1, -0.05) is 12.2 Å². The maximum absolute atomic E-state index is 12.4. The van der Waals surface area contributed by atoms with Crippen molar-refractivity contribution in [3.8, 4) is 5.75 Å². The van der Waals surface area contributed by atoms with Crippen LogP contribution in [0.2, 0.25) is 0 Å². The third kappa shape index (κ3) is 3.71. The molecule has 0 aromatic heterocycles. The standard InChI is InChI=1S/C10H12FNO/c11-9-3-5-10(6-4-9)13-8-2-1-7-12/h1-6H,7-8,12H2. The summed E-state index contributed by atoms with van der Waals surface area (Å²) in [4.78, 5) is 0. The van der Waals surface area contributed by atoms with Crippen LogP contribution < -0.4 is 10.5 Å². The van der Waals surface area contributed by atoms with E-state index in [1.807, 2.05) is 12.2 Å². The zero-order chi connectivity index (χ0) is 9.52. The molecule has 3 heteroatoms. The molecule has 0 heterocycles. The minimum absolute atomic E-state index is 0.259. The summed E-state index contributed by atoms with van der Waals surface area (Å²) in [5.74, 6) is 0.396. The van der Waals surface area contributed by atoms with Crippen molar-refractivity contribution in [2.45, 2.75) is 0 Å². The van der Waals surface area contributed by atoms with Gasteiger partial charge in [0.05, 0.1) is 0 Å². The molecule has 0 saturated carbocycles. The molecule has 70 valence electrons. The Morgan fingerprint density at radius 3 is 2.54 bits per heavy atom. The number of halogens is 1. The highest BCUT2D eigenvalue weighted by Gasteiger charge is 1.91. The second-order valence-corrected chi connectivity index (χ2v) is 2.47. The van der Waals surface area contributed by atoms with Crippen LogP contribution in [0.5, 0.6) is 5.75 Å². The summed E-state index contributed by atoms with van der Waals surface area (Å²) in [6, 6.07) is 5.90. The molecule has 2 nitrogen and oxygen atoms in total. The van der Waals surface area contributed by atoms with Gasteiger partial charge in [0.15, 0.2) is 0 Å². The van der Waals surface area contributed by atoms with E-state index in [9.17, 15) is 4.39 Å². The summed E-state index contributed by atoms with van der Waals surface area (Å²) in [5, 5.41) is 0. The highest BCUT2D eigenvalue weighted by Crippen LogP contribution is 2.10. The monoisotopic (exact) mass is 181 g/mol. The Labute approximate surface area is 76.8 Å². The first-order valence-electron chi connectivity index (χ1n) is 4.06. The summed E-state index contributed by atoms with van der Waals surface area (Å²) in [6.45, 7) is 0.968. The molecular formula is C10H12FNO. The fourth-order valence-corrected chi connectivity index (χ4v) is 0.839. The molecule has 0 radical (unpaired) electrons. The lowest BCUT2D eigenvalue weighted by atomic mass is 10.3. The Morgan fingerprint density at radius 1 is 1.23 bits per heavy atom. The maximum Gasteiger partial charge on any atom is 0.123 e. The molecule has 0 atom stereocenters. The third-order valence-electron chi connectivity index (χ3n) is 1.46. The van der Waals surface area contributed by atoms with Gasteiger partial charge < -0.3 is 10.5 Å². The van der Waals surface area contributed by atoms with Crippen molar-refractivity contribution in [2.75, 3.05) is 13.2 Å². The van der Waals surface area contributed by atoms with Crippen LogP contribution in [-0.4, -0.2) is 13.2 Å². The molecule has 0 saturated heterocycles. The summed E-state index contributed by atoms with van der Waals surface area (Å²) >= 11 is 0. The molecule has 13 heavy (non-hydrogen) atoms. The molecule has 0 bridgehead atoms. The molecular weight excluding hydrogens is 169 g/mol. The fourth-order valence-electron chi connectivity index (χ4n) is 0.839. The molecule has 0 spiro atoms. The van der Waals surface area contributed by atoms with E-state index in [4.69, 9.17) is 10.5 Å². The lowest BCUT2D eigenvalue weighted by molar-refractivity contribution is 0.362. The SMILES string of the molecule is NCC=CCOc1ccc(F)cc1. The first-order valence-corrected chi connectivity index (χ1v) is 4.06. The molecule has 0 unspecified atom stereocenters. The minimum atomic E-state index is -0.259. The summed E-state index contributed by atoms with van der Waals surface area (Å²) in [5.41, 5.74) is 5.24. The van der Waals surface area contributed by atoms with Crippen molar-refractivity contribution in [3.05, 3.63) is 42.2 Å². The highest BCUT2D eigenvalue weighted by molar-refractivity contribution is 5.22. The third-order valence-corrected chi connectivity index (χ3v) is 1.46. The van der Waals surface area contributed by atoms with Gasteiger partial charge in [0.2, 0.25) is 0 Å². The molecule has 1 aromatic carbocycles. The van der Waals surface area contributed by atoms with Gasteiger partial charge in [0.25, 0.3) is 0 Å². The maximum atomic E-state index is 12.4. The second-order valence-electron chi connectivity index (χ2n) is 2.47. The van der Waals surface area contributed by atoms with E-state index in [0.717, 1.165) is 0 Å². The van der Waals surface area contributed by atoms with Crippen LogP contribution in [0, 0.1) is 5.82 Å². The van der Waals surface area contributed by atoms with E-state index in [0.29, 0.717) is 18.9 Å². The van der Waals surface area contributed by atoms with Crippen LogP contribution in [0.1, 0.15) is 0 Å². The summed E-state index contributed by atoms with van der Waals surface area (Å²) in [6.07, 6.45) is 3.63. The number of ether oxygens (including phenoxy) is 1. The molecule has 0 fully saturated rings. The van der Waals surface area contributed by atoms with Gasteiger partial charge in [-0.25, -0.2) is 4.39 Å². The van der Waals surface area contributed by atoms with Gasteiger partial charge in [0.1, 0.15) is 18.2 Å². The zero-order valence-electron chi connectivity index (χ0n) is 7.24. The van der Waals surface area contributed by atoms with Crippen molar-refractivity contribution >= 4 is 0 Å². The molecule has 0 aliphatic heterocycles. The van der Waals surface area contributed by atoms with Crippen molar-refractivity contribution in [2.24, 2.45) is 5.73 Å².